The van der Waals surface area contributed by atoms with Crippen LogP contribution in [0.3, 0.4) is 0 Å². The predicted octanol–water partition coefficient (Wildman–Crippen LogP) is 3.88. The third-order valence-corrected chi connectivity index (χ3v) is 5.09. The lowest BCUT2D eigenvalue weighted by atomic mass is 9.97. The first kappa shape index (κ1) is 19.4. The molecule has 2 rings (SSSR count). The zero-order valence-corrected chi connectivity index (χ0v) is 16.2. The molecule has 0 saturated carbocycles. The van der Waals surface area contributed by atoms with Gasteiger partial charge in [0.1, 0.15) is 0 Å². The third-order valence-electron chi connectivity index (χ3n) is 5.09. The average Bonchev–Trinajstić information content (AvgIpc) is 2.61. The minimum absolute atomic E-state index is 0.520. The van der Waals surface area contributed by atoms with E-state index in [2.05, 4.69) is 67.1 Å². The number of benzene rings is 1. The molecule has 1 aromatic rings. The Bertz CT molecular complexity index is 443. The summed E-state index contributed by atoms with van der Waals surface area (Å²) in [5.41, 5.74) is 2.93. The largest absolute Gasteiger partial charge is 0.314 e. The molecule has 0 aromatic heterocycles. The molecule has 1 heterocycles. The Morgan fingerprint density at radius 3 is 2.00 bits per heavy atom. The summed E-state index contributed by atoms with van der Waals surface area (Å²) in [7, 11) is 0. The van der Waals surface area contributed by atoms with Gasteiger partial charge in [0.25, 0.3) is 0 Å². The van der Waals surface area contributed by atoms with Crippen LogP contribution in [0, 0.1) is 0 Å². The first-order valence-corrected chi connectivity index (χ1v) is 9.92. The van der Waals surface area contributed by atoms with E-state index >= 15 is 0 Å². The Kier molecular flexibility index (Phi) is 8.23. The zero-order valence-electron chi connectivity index (χ0n) is 16.2. The van der Waals surface area contributed by atoms with Gasteiger partial charge in [-0.3, -0.25) is 4.90 Å². The van der Waals surface area contributed by atoms with Gasteiger partial charge in [-0.25, -0.2) is 0 Å². The van der Waals surface area contributed by atoms with Gasteiger partial charge in [-0.1, -0.05) is 52.0 Å². The van der Waals surface area contributed by atoms with Gasteiger partial charge in [-0.05, 0) is 43.0 Å². The second-order valence-electron chi connectivity index (χ2n) is 7.42. The molecular formula is C21H37N3. The summed E-state index contributed by atoms with van der Waals surface area (Å²) in [4.78, 5) is 5.34. The molecule has 1 fully saturated rings. The van der Waals surface area contributed by atoms with Crippen molar-refractivity contribution in [3.63, 3.8) is 0 Å². The fraction of sp³-hybridized carbons (Fsp3) is 0.714. The standard InChI is InChI=1S/C21H37N3/c1-5-13-23(14-6-2)17-21(24-15-11-22-12-16-24)20-9-7-19(8-10-20)18(3)4/h7-10,18,21-22H,5-6,11-17H2,1-4H3. The normalized spacial score (nSPS) is 17.6. The summed E-state index contributed by atoms with van der Waals surface area (Å²) < 4.78 is 0. The van der Waals surface area contributed by atoms with Gasteiger partial charge in [0.15, 0.2) is 0 Å². The van der Waals surface area contributed by atoms with Crippen LogP contribution >= 0.6 is 0 Å². The molecule has 0 radical (unpaired) electrons. The molecule has 0 aliphatic carbocycles. The van der Waals surface area contributed by atoms with Gasteiger partial charge >= 0.3 is 0 Å². The van der Waals surface area contributed by atoms with Crippen LogP contribution in [0.2, 0.25) is 0 Å². The van der Waals surface area contributed by atoms with Crippen molar-refractivity contribution in [2.45, 2.75) is 52.5 Å². The molecule has 3 heteroatoms. The maximum absolute atomic E-state index is 3.49. The molecule has 0 amide bonds. The highest BCUT2D eigenvalue weighted by Gasteiger charge is 2.24. The number of nitrogens with one attached hydrogen (secondary N) is 1. The minimum Gasteiger partial charge on any atom is -0.314 e. The lowest BCUT2D eigenvalue weighted by molar-refractivity contribution is 0.124. The molecule has 1 aromatic carbocycles. The molecule has 1 atom stereocenters. The summed E-state index contributed by atoms with van der Waals surface area (Å²) in [5, 5.41) is 3.49. The highest BCUT2D eigenvalue weighted by atomic mass is 15.2. The topological polar surface area (TPSA) is 18.5 Å². The molecule has 0 spiro atoms. The SMILES string of the molecule is CCCN(CCC)CC(c1ccc(C(C)C)cc1)N1CCNCC1. The van der Waals surface area contributed by atoms with E-state index in [0.717, 1.165) is 32.7 Å². The predicted molar refractivity (Wildman–Crippen MR) is 105 cm³/mol. The maximum Gasteiger partial charge on any atom is 0.0476 e. The monoisotopic (exact) mass is 331 g/mol. The second kappa shape index (κ2) is 10.2. The van der Waals surface area contributed by atoms with Crippen molar-refractivity contribution in [3.05, 3.63) is 35.4 Å². The summed E-state index contributed by atoms with van der Waals surface area (Å²) in [6.07, 6.45) is 2.47. The van der Waals surface area contributed by atoms with Gasteiger partial charge in [0.2, 0.25) is 0 Å². The van der Waals surface area contributed by atoms with Crippen molar-refractivity contribution in [2.24, 2.45) is 0 Å². The van der Waals surface area contributed by atoms with E-state index in [0.29, 0.717) is 12.0 Å². The number of rotatable bonds is 9. The van der Waals surface area contributed by atoms with Crippen LogP contribution in [0.25, 0.3) is 0 Å². The molecule has 3 nitrogen and oxygen atoms in total. The Morgan fingerprint density at radius 2 is 1.50 bits per heavy atom. The van der Waals surface area contributed by atoms with Crippen molar-refractivity contribution >= 4 is 0 Å². The van der Waals surface area contributed by atoms with E-state index in [-0.39, 0.29) is 0 Å². The van der Waals surface area contributed by atoms with Crippen molar-refractivity contribution in [1.82, 2.24) is 15.1 Å². The first-order chi connectivity index (χ1) is 11.7. The minimum atomic E-state index is 0.520. The Labute approximate surface area is 149 Å². The number of hydrogen-bond donors (Lipinski definition) is 1. The average molecular weight is 332 g/mol. The summed E-state index contributed by atoms with van der Waals surface area (Å²) in [6.45, 7) is 17.2. The quantitative estimate of drug-likeness (QED) is 0.741. The van der Waals surface area contributed by atoms with Crippen LogP contribution in [-0.4, -0.2) is 55.6 Å². The summed E-state index contributed by atoms with van der Waals surface area (Å²) in [5.74, 6) is 0.605. The Hall–Kier alpha value is -0.900. The highest BCUT2D eigenvalue weighted by Crippen LogP contribution is 2.25. The molecule has 1 unspecified atom stereocenters. The molecule has 24 heavy (non-hydrogen) atoms. The van der Waals surface area contributed by atoms with Crippen LogP contribution in [0.15, 0.2) is 24.3 Å². The van der Waals surface area contributed by atoms with Crippen molar-refractivity contribution in [2.75, 3.05) is 45.8 Å². The van der Waals surface area contributed by atoms with E-state index in [4.69, 9.17) is 0 Å². The maximum atomic E-state index is 3.49. The van der Waals surface area contributed by atoms with E-state index in [1.54, 1.807) is 0 Å². The van der Waals surface area contributed by atoms with Gasteiger partial charge < -0.3 is 10.2 Å². The smallest absolute Gasteiger partial charge is 0.0476 e. The number of piperazine rings is 1. The van der Waals surface area contributed by atoms with Crippen molar-refractivity contribution in [1.29, 1.82) is 0 Å². The van der Waals surface area contributed by atoms with Crippen LogP contribution in [0.4, 0.5) is 0 Å². The van der Waals surface area contributed by atoms with Gasteiger partial charge in [-0.15, -0.1) is 0 Å². The fourth-order valence-electron chi connectivity index (χ4n) is 3.70. The Morgan fingerprint density at radius 1 is 0.958 bits per heavy atom. The van der Waals surface area contributed by atoms with Crippen LogP contribution < -0.4 is 5.32 Å². The van der Waals surface area contributed by atoms with Crippen LogP contribution in [-0.2, 0) is 0 Å². The van der Waals surface area contributed by atoms with Gasteiger partial charge in [0.05, 0.1) is 0 Å². The van der Waals surface area contributed by atoms with Crippen molar-refractivity contribution < 1.29 is 0 Å². The molecule has 136 valence electrons. The summed E-state index contributed by atoms with van der Waals surface area (Å²) >= 11 is 0. The molecule has 1 aliphatic rings. The van der Waals surface area contributed by atoms with Gasteiger partial charge in [0, 0.05) is 38.8 Å². The van der Waals surface area contributed by atoms with Crippen LogP contribution in [0.1, 0.15) is 63.6 Å². The number of hydrogen-bond acceptors (Lipinski definition) is 3. The van der Waals surface area contributed by atoms with E-state index in [1.165, 1.54) is 37.1 Å². The molecule has 1 saturated heterocycles. The fourth-order valence-corrected chi connectivity index (χ4v) is 3.70. The lowest BCUT2D eigenvalue weighted by Gasteiger charge is -2.38. The molecule has 1 aliphatic heterocycles. The Balaban J connectivity index is 2.17. The van der Waals surface area contributed by atoms with E-state index in [1.807, 2.05) is 0 Å². The third kappa shape index (κ3) is 5.58. The van der Waals surface area contributed by atoms with Crippen molar-refractivity contribution in [3.8, 4) is 0 Å². The summed E-state index contributed by atoms with van der Waals surface area (Å²) in [6, 6.07) is 9.93. The lowest BCUT2D eigenvalue weighted by Crippen LogP contribution is -2.48. The van der Waals surface area contributed by atoms with Gasteiger partial charge in [-0.2, -0.15) is 0 Å². The second-order valence-corrected chi connectivity index (χ2v) is 7.42. The molecular weight excluding hydrogens is 294 g/mol. The van der Waals surface area contributed by atoms with E-state index in [9.17, 15) is 0 Å². The first-order valence-electron chi connectivity index (χ1n) is 9.92. The molecule has 1 N–H and O–H groups in total. The zero-order chi connectivity index (χ0) is 17.4. The highest BCUT2D eigenvalue weighted by molar-refractivity contribution is 5.27. The molecule has 0 bridgehead atoms. The number of nitrogens with zero attached hydrogens (tertiary/aromatic N) is 2. The van der Waals surface area contributed by atoms with Crippen LogP contribution in [0.5, 0.6) is 0 Å². The van der Waals surface area contributed by atoms with E-state index < -0.39 is 0 Å².